The summed E-state index contributed by atoms with van der Waals surface area (Å²) in [6.45, 7) is 7.90. The Morgan fingerprint density at radius 2 is 1.89 bits per heavy atom. The number of aryl methyl sites for hydroxylation is 1. The van der Waals surface area contributed by atoms with Crippen molar-refractivity contribution in [1.82, 2.24) is 10.0 Å². The molecule has 18 heavy (non-hydrogen) atoms. The molecule has 0 saturated carbocycles. The molecule has 1 rings (SSSR count). The van der Waals surface area contributed by atoms with Crippen LogP contribution in [0.3, 0.4) is 0 Å². The zero-order valence-corrected chi connectivity index (χ0v) is 12.9. The van der Waals surface area contributed by atoms with Crippen molar-refractivity contribution in [3.63, 3.8) is 0 Å². The smallest absolute Gasteiger partial charge is 0.241 e. The van der Waals surface area contributed by atoms with E-state index in [-0.39, 0.29) is 0 Å². The Morgan fingerprint density at radius 3 is 2.50 bits per heavy atom. The van der Waals surface area contributed by atoms with Gasteiger partial charge < -0.3 is 5.32 Å². The summed E-state index contributed by atoms with van der Waals surface area (Å²) in [5.41, 5.74) is 0.830. The van der Waals surface area contributed by atoms with Gasteiger partial charge in [-0.2, -0.15) is 0 Å². The molecular formula is C12H22N2O2S2. The molecule has 0 unspecified atom stereocenters. The molecule has 0 aliphatic heterocycles. The highest BCUT2D eigenvalue weighted by atomic mass is 32.2. The summed E-state index contributed by atoms with van der Waals surface area (Å²) in [5, 5.41) is 5.16. The molecule has 0 aliphatic rings. The van der Waals surface area contributed by atoms with Crippen LogP contribution in [0, 0.1) is 6.92 Å². The predicted molar refractivity (Wildman–Crippen MR) is 76.5 cm³/mol. The van der Waals surface area contributed by atoms with E-state index in [2.05, 4.69) is 17.0 Å². The van der Waals surface area contributed by atoms with Crippen LogP contribution in [0.1, 0.15) is 37.1 Å². The molecule has 1 aromatic rings. The van der Waals surface area contributed by atoms with Gasteiger partial charge in [0, 0.05) is 18.0 Å². The van der Waals surface area contributed by atoms with Crippen molar-refractivity contribution in [2.75, 3.05) is 13.1 Å². The van der Waals surface area contributed by atoms with E-state index in [1.165, 1.54) is 11.3 Å². The first-order valence-corrected chi connectivity index (χ1v) is 8.66. The van der Waals surface area contributed by atoms with Crippen molar-refractivity contribution in [3.05, 3.63) is 15.8 Å². The third-order valence-corrected chi connectivity index (χ3v) is 5.44. The van der Waals surface area contributed by atoms with Crippen LogP contribution in [0.4, 0.5) is 0 Å². The Balaban J connectivity index is 2.89. The van der Waals surface area contributed by atoms with Gasteiger partial charge in [0.15, 0.2) is 0 Å². The van der Waals surface area contributed by atoms with Gasteiger partial charge in [0.05, 0.1) is 0 Å². The molecule has 0 bridgehead atoms. The molecule has 0 fully saturated rings. The minimum absolute atomic E-state index is 0.463. The first-order chi connectivity index (χ1) is 8.53. The number of nitrogens with one attached hydrogen (secondary N) is 2. The molecule has 1 heterocycles. The van der Waals surface area contributed by atoms with Crippen LogP contribution in [-0.4, -0.2) is 21.5 Å². The topological polar surface area (TPSA) is 58.2 Å². The molecule has 0 aromatic carbocycles. The summed E-state index contributed by atoms with van der Waals surface area (Å²) in [7, 11) is -3.36. The molecule has 0 saturated heterocycles. The SMILES string of the molecule is CCCNCc1scc(C)c1S(=O)(=O)NCCC. The Kier molecular flexibility index (Phi) is 6.28. The van der Waals surface area contributed by atoms with Crippen LogP contribution >= 0.6 is 11.3 Å². The summed E-state index contributed by atoms with van der Waals surface area (Å²) >= 11 is 1.51. The molecule has 4 nitrogen and oxygen atoms in total. The quantitative estimate of drug-likeness (QED) is 0.722. The highest BCUT2D eigenvalue weighted by Gasteiger charge is 2.21. The lowest BCUT2D eigenvalue weighted by Crippen LogP contribution is -2.26. The fraction of sp³-hybridized carbons (Fsp3) is 0.667. The van der Waals surface area contributed by atoms with E-state index >= 15 is 0 Å². The maximum Gasteiger partial charge on any atom is 0.241 e. The summed E-state index contributed by atoms with van der Waals surface area (Å²) in [6, 6.07) is 0. The van der Waals surface area contributed by atoms with Crippen LogP contribution < -0.4 is 10.0 Å². The standard InChI is InChI=1S/C12H22N2O2S2/c1-4-6-13-8-11-12(10(3)9-17-11)18(15,16)14-7-5-2/h9,13-14H,4-8H2,1-3H3. The van der Waals surface area contributed by atoms with E-state index in [4.69, 9.17) is 0 Å². The summed E-state index contributed by atoms with van der Waals surface area (Å²) in [4.78, 5) is 1.36. The average Bonchev–Trinajstić information content (AvgIpc) is 2.69. The van der Waals surface area contributed by atoms with E-state index in [0.29, 0.717) is 18.0 Å². The molecule has 104 valence electrons. The summed E-state index contributed by atoms with van der Waals surface area (Å²) < 4.78 is 27.0. The van der Waals surface area contributed by atoms with Crippen LogP contribution in [0.25, 0.3) is 0 Å². The molecule has 0 atom stereocenters. The maximum atomic E-state index is 12.2. The molecule has 2 N–H and O–H groups in total. The first-order valence-electron chi connectivity index (χ1n) is 6.30. The second-order valence-corrected chi connectivity index (χ2v) is 6.91. The monoisotopic (exact) mass is 290 g/mol. The van der Waals surface area contributed by atoms with Gasteiger partial charge in [-0.05, 0) is 37.3 Å². The molecule has 0 aliphatic carbocycles. The Morgan fingerprint density at radius 1 is 1.22 bits per heavy atom. The van der Waals surface area contributed by atoms with Gasteiger partial charge in [-0.25, -0.2) is 13.1 Å². The fourth-order valence-corrected chi connectivity index (χ4v) is 4.57. The van der Waals surface area contributed by atoms with Crippen molar-refractivity contribution in [2.24, 2.45) is 0 Å². The third-order valence-electron chi connectivity index (χ3n) is 2.51. The van der Waals surface area contributed by atoms with Crippen molar-refractivity contribution < 1.29 is 8.42 Å². The molecule has 1 aromatic heterocycles. The number of hydrogen-bond donors (Lipinski definition) is 2. The van der Waals surface area contributed by atoms with Crippen molar-refractivity contribution >= 4 is 21.4 Å². The van der Waals surface area contributed by atoms with Crippen molar-refractivity contribution in [3.8, 4) is 0 Å². The minimum atomic E-state index is -3.36. The molecular weight excluding hydrogens is 268 g/mol. The average molecular weight is 290 g/mol. The van der Waals surface area contributed by atoms with Crippen molar-refractivity contribution in [1.29, 1.82) is 0 Å². The predicted octanol–water partition coefficient (Wildman–Crippen LogP) is 2.24. The summed E-state index contributed by atoms with van der Waals surface area (Å²) in [5.74, 6) is 0. The van der Waals surface area contributed by atoms with E-state index in [1.807, 2.05) is 19.2 Å². The first kappa shape index (κ1) is 15.6. The highest BCUT2D eigenvalue weighted by Crippen LogP contribution is 2.26. The van der Waals surface area contributed by atoms with Crippen molar-refractivity contribution in [2.45, 2.75) is 45.1 Å². The lowest BCUT2D eigenvalue weighted by atomic mass is 10.3. The minimum Gasteiger partial charge on any atom is -0.312 e. The van der Waals surface area contributed by atoms with E-state index in [1.54, 1.807) is 0 Å². The van der Waals surface area contributed by atoms with Gasteiger partial charge in [-0.3, -0.25) is 0 Å². The number of hydrogen-bond acceptors (Lipinski definition) is 4. The van der Waals surface area contributed by atoms with Gasteiger partial charge in [-0.15, -0.1) is 11.3 Å². The zero-order valence-electron chi connectivity index (χ0n) is 11.2. The van der Waals surface area contributed by atoms with Gasteiger partial charge in [-0.1, -0.05) is 13.8 Å². The lowest BCUT2D eigenvalue weighted by molar-refractivity contribution is 0.578. The molecule has 6 heteroatoms. The number of sulfonamides is 1. The second kappa shape index (κ2) is 7.23. The van der Waals surface area contributed by atoms with Crippen LogP contribution in [0.5, 0.6) is 0 Å². The summed E-state index contributed by atoms with van der Waals surface area (Å²) in [6.07, 6.45) is 1.84. The fourth-order valence-electron chi connectivity index (χ4n) is 1.66. The van der Waals surface area contributed by atoms with E-state index < -0.39 is 10.0 Å². The maximum absolute atomic E-state index is 12.2. The van der Waals surface area contributed by atoms with Gasteiger partial charge in [0.25, 0.3) is 0 Å². The molecule has 0 amide bonds. The van der Waals surface area contributed by atoms with Crippen LogP contribution in [0.15, 0.2) is 10.3 Å². The zero-order chi connectivity index (χ0) is 13.6. The van der Waals surface area contributed by atoms with Gasteiger partial charge in [0.1, 0.15) is 4.90 Å². The van der Waals surface area contributed by atoms with Crippen LogP contribution in [-0.2, 0) is 16.6 Å². The third kappa shape index (κ3) is 4.05. The number of thiophene rings is 1. The van der Waals surface area contributed by atoms with Gasteiger partial charge in [0.2, 0.25) is 10.0 Å². The molecule has 0 spiro atoms. The highest BCUT2D eigenvalue weighted by molar-refractivity contribution is 7.89. The van der Waals surface area contributed by atoms with E-state index in [0.717, 1.165) is 29.8 Å². The Labute approximate surface area is 114 Å². The molecule has 0 radical (unpaired) electrons. The number of rotatable bonds is 8. The normalized spacial score (nSPS) is 11.9. The Hall–Kier alpha value is -0.430. The van der Waals surface area contributed by atoms with Crippen LogP contribution in [0.2, 0.25) is 0 Å². The lowest BCUT2D eigenvalue weighted by Gasteiger charge is -2.09. The second-order valence-electron chi connectivity index (χ2n) is 4.25. The largest absolute Gasteiger partial charge is 0.312 e. The van der Waals surface area contributed by atoms with E-state index in [9.17, 15) is 8.42 Å². The Bertz CT molecular complexity index is 466. The van der Waals surface area contributed by atoms with Gasteiger partial charge >= 0.3 is 0 Å².